The summed E-state index contributed by atoms with van der Waals surface area (Å²) in [6.07, 6.45) is 5.21. The molecule has 0 spiro atoms. The number of piperidine rings is 1. The summed E-state index contributed by atoms with van der Waals surface area (Å²) in [5, 5.41) is 11.9. The van der Waals surface area contributed by atoms with Gasteiger partial charge in [0.2, 0.25) is 5.91 Å². The predicted molar refractivity (Wildman–Crippen MR) is 113 cm³/mol. The van der Waals surface area contributed by atoms with E-state index in [-0.39, 0.29) is 11.8 Å². The molecule has 1 saturated heterocycles. The molecule has 2 aromatic rings. The van der Waals surface area contributed by atoms with Crippen LogP contribution < -0.4 is 15.0 Å². The lowest BCUT2D eigenvalue weighted by molar-refractivity contribution is -0.125. The van der Waals surface area contributed by atoms with Crippen molar-refractivity contribution in [2.75, 3.05) is 31.1 Å². The molecule has 0 radical (unpaired) electrons. The number of ether oxygens (including phenoxy) is 1. The van der Waals surface area contributed by atoms with Crippen molar-refractivity contribution in [1.82, 2.24) is 15.5 Å². The van der Waals surface area contributed by atoms with Gasteiger partial charge in [0, 0.05) is 13.1 Å². The number of benzene rings is 1. The number of fused-ring (bicyclic) bond motifs is 1. The van der Waals surface area contributed by atoms with Gasteiger partial charge >= 0.3 is 0 Å². The highest BCUT2D eigenvalue weighted by Crippen LogP contribution is 2.26. The van der Waals surface area contributed by atoms with E-state index in [2.05, 4.69) is 46.4 Å². The van der Waals surface area contributed by atoms with Crippen molar-refractivity contribution < 1.29 is 9.53 Å². The zero-order valence-corrected chi connectivity index (χ0v) is 17.4. The number of aryl methyl sites for hydroxylation is 4. The zero-order chi connectivity index (χ0) is 20.2. The topological polar surface area (TPSA) is 67.3 Å². The van der Waals surface area contributed by atoms with Gasteiger partial charge in [0.1, 0.15) is 12.4 Å². The van der Waals surface area contributed by atoms with Crippen LogP contribution in [-0.2, 0) is 17.6 Å². The highest BCUT2D eigenvalue weighted by Gasteiger charge is 2.27. The second-order valence-corrected chi connectivity index (χ2v) is 8.28. The fourth-order valence-corrected chi connectivity index (χ4v) is 4.37. The number of nitrogens with zero attached hydrogens (tertiary/aromatic N) is 3. The molecule has 1 fully saturated rings. The van der Waals surface area contributed by atoms with E-state index in [0.717, 1.165) is 49.5 Å². The smallest absolute Gasteiger partial charge is 0.225 e. The Morgan fingerprint density at radius 2 is 1.97 bits per heavy atom. The van der Waals surface area contributed by atoms with Crippen LogP contribution >= 0.6 is 0 Å². The lowest BCUT2D eigenvalue weighted by Crippen LogP contribution is -2.44. The summed E-state index contributed by atoms with van der Waals surface area (Å²) in [6, 6.07) is 8.33. The van der Waals surface area contributed by atoms with E-state index in [4.69, 9.17) is 4.74 Å². The maximum absolute atomic E-state index is 12.7. The first-order valence-electron chi connectivity index (χ1n) is 10.7. The summed E-state index contributed by atoms with van der Waals surface area (Å²) < 4.78 is 5.80. The van der Waals surface area contributed by atoms with Crippen LogP contribution in [0.15, 0.2) is 24.3 Å². The first-order chi connectivity index (χ1) is 14.1. The molecule has 0 saturated carbocycles. The van der Waals surface area contributed by atoms with Gasteiger partial charge in [-0.3, -0.25) is 4.79 Å². The lowest BCUT2D eigenvalue weighted by Gasteiger charge is -2.32. The Kier molecular flexibility index (Phi) is 5.97. The summed E-state index contributed by atoms with van der Waals surface area (Å²) in [4.78, 5) is 14.9. The minimum atomic E-state index is -0.0139. The molecule has 1 aromatic heterocycles. The van der Waals surface area contributed by atoms with Gasteiger partial charge in [-0.05, 0) is 80.8 Å². The zero-order valence-electron chi connectivity index (χ0n) is 17.4. The van der Waals surface area contributed by atoms with Crippen LogP contribution in [0.1, 0.15) is 41.6 Å². The van der Waals surface area contributed by atoms with E-state index in [0.29, 0.717) is 19.7 Å². The van der Waals surface area contributed by atoms with E-state index in [9.17, 15) is 4.79 Å². The van der Waals surface area contributed by atoms with Crippen molar-refractivity contribution in [3.8, 4) is 5.75 Å². The third-order valence-corrected chi connectivity index (χ3v) is 5.79. The van der Waals surface area contributed by atoms with Crippen LogP contribution in [0.4, 0.5) is 5.82 Å². The molecule has 2 aliphatic rings. The van der Waals surface area contributed by atoms with E-state index in [1.54, 1.807) is 0 Å². The van der Waals surface area contributed by atoms with Gasteiger partial charge in [-0.1, -0.05) is 6.07 Å². The van der Waals surface area contributed by atoms with Crippen LogP contribution in [-0.4, -0.2) is 42.3 Å². The van der Waals surface area contributed by atoms with Crippen LogP contribution in [0.3, 0.4) is 0 Å². The minimum Gasteiger partial charge on any atom is -0.492 e. The molecule has 1 aliphatic carbocycles. The molecule has 0 unspecified atom stereocenters. The van der Waals surface area contributed by atoms with Gasteiger partial charge in [-0.2, -0.15) is 5.10 Å². The highest BCUT2D eigenvalue weighted by atomic mass is 16.5. The molecular formula is C23H30N4O2. The van der Waals surface area contributed by atoms with Gasteiger partial charge < -0.3 is 15.0 Å². The number of amides is 1. The summed E-state index contributed by atoms with van der Waals surface area (Å²) in [5.74, 6) is 1.87. The predicted octanol–water partition coefficient (Wildman–Crippen LogP) is 2.99. The van der Waals surface area contributed by atoms with Crippen molar-refractivity contribution in [2.24, 2.45) is 5.92 Å². The molecule has 0 bridgehead atoms. The molecule has 6 heteroatoms. The van der Waals surface area contributed by atoms with Gasteiger partial charge in [-0.15, -0.1) is 5.10 Å². The summed E-state index contributed by atoms with van der Waals surface area (Å²) in [5.41, 5.74) is 4.83. The number of carbonyl (C=O) groups is 1. The average Bonchev–Trinajstić information content (AvgIpc) is 3.18. The fourth-order valence-electron chi connectivity index (χ4n) is 4.37. The SMILES string of the molecule is Cc1cc(C)cc(OCCNC(=O)[C@H]2CCCN(c3cc4c(nn3)CCC4)C2)c1. The molecule has 154 valence electrons. The standard InChI is InChI=1S/C23H30N4O2/c1-16-11-17(2)13-20(12-16)29-10-8-24-23(28)19-6-4-9-27(15-19)22-14-18-5-3-7-21(18)25-26-22/h11-14,19H,3-10,15H2,1-2H3,(H,24,28)/t19-/m0/s1. The van der Waals surface area contributed by atoms with Crippen LogP contribution in [0.5, 0.6) is 5.75 Å². The molecule has 1 aromatic carbocycles. The molecular weight excluding hydrogens is 364 g/mol. The Morgan fingerprint density at radius 1 is 1.14 bits per heavy atom. The number of anilines is 1. The summed E-state index contributed by atoms with van der Waals surface area (Å²) >= 11 is 0. The van der Waals surface area contributed by atoms with Crippen LogP contribution in [0, 0.1) is 19.8 Å². The quantitative estimate of drug-likeness (QED) is 0.763. The van der Waals surface area contributed by atoms with E-state index in [1.165, 1.54) is 23.1 Å². The Balaban J connectivity index is 1.26. The number of carbonyl (C=O) groups excluding carboxylic acids is 1. The van der Waals surface area contributed by atoms with Crippen molar-refractivity contribution in [1.29, 1.82) is 0 Å². The third-order valence-electron chi connectivity index (χ3n) is 5.79. The molecule has 4 rings (SSSR count). The van der Waals surface area contributed by atoms with Crippen LogP contribution in [0.25, 0.3) is 0 Å². The van der Waals surface area contributed by atoms with Gasteiger partial charge in [0.05, 0.1) is 18.2 Å². The van der Waals surface area contributed by atoms with Gasteiger partial charge in [0.25, 0.3) is 0 Å². The van der Waals surface area contributed by atoms with Crippen molar-refractivity contribution >= 4 is 11.7 Å². The normalized spacial score (nSPS) is 18.4. The van der Waals surface area contributed by atoms with E-state index in [1.807, 2.05) is 12.1 Å². The summed E-state index contributed by atoms with van der Waals surface area (Å²) in [7, 11) is 0. The number of hydrogen-bond donors (Lipinski definition) is 1. The first kappa shape index (κ1) is 19.7. The molecule has 1 amide bonds. The third kappa shape index (κ3) is 4.86. The van der Waals surface area contributed by atoms with Crippen molar-refractivity contribution in [3.63, 3.8) is 0 Å². The van der Waals surface area contributed by atoms with Gasteiger partial charge in [-0.25, -0.2) is 0 Å². The molecule has 2 heterocycles. The molecule has 1 atom stereocenters. The minimum absolute atomic E-state index is 0.0139. The monoisotopic (exact) mass is 394 g/mol. The first-order valence-corrected chi connectivity index (χ1v) is 10.7. The second kappa shape index (κ2) is 8.80. The van der Waals surface area contributed by atoms with E-state index < -0.39 is 0 Å². The number of rotatable bonds is 6. The number of aromatic nitrogens is 2. The number of nitrogens with one attached hydrogen (secondary N) is 1. The maximum atomic E-state index is 12.7. The second-order valence-electron chi connectivity index (χ2n) is 8.28. The Labute approximate surface area is 172 Å². The van der Waals surface area contributed by atoms with Gasteiger partial charge in [0.15, 0.2) is 5.82 Å². The maximum Gasteiger partial charge on any atom is 0.225 e. The Hall–Kier alpha value is -2.63. The fraction of sp³-hybridized carbons (Fsp3) is 0.522. The summed E-state index contributed by atoms with van der Waals surface area (Å²) in [6.45, 7) is 6.75. The molecule has 29 heavy (non-hydrogen) atoms. The molecule has 1 N–H and O–H groups in total. The Bertz CT molecular complexity index is 863. The van der Waals surface area contributed by atoms with Crippen molar-refractivity contribution in [3.05, 3.63) is 46.6 Å². The van der Waals surface area contributed by atoms with Crippen LogP contribution in [0.2, 0.25) is 0 Å². The van der Waals surface area contributed by atoms with E-state index >= 15 is 0 Å². The molecule has 1 aliphatic heterocycles. The highest BCUT2D eigenvalue weighted by molar-refractivity contribution is 5.79. The lowest BCUT2D eigenvalue weighted by atomic mass is 9.97. The largest absolute Gasteiger partial charge is 0.492 e. The average molecular weight is 395 g/mol. The Morgan fingerprint density at radius 3 is 2.79 bits per heavy atom. The number of hydrogen-bond acceptors (Lipinski definition) is 5. The van der Waals surface area contributed by atoms with Crippen molar-refractivity contribution in [2.45, 2.75) is 46.0 Å². The molecule has 6 nitrogen and oxygen atoms in total.